The Morgan fingerprint density at radius 2 is 0.979 bits per heavy atom. The van der Waals surface area contributed by atoms with Crippen molar-refractivity contribution in [2.24, 2.45) is 20.4 Å². The van der Waals surface area contributed by atoms with Crippen LogP contribution in [-0.2, 0) is 12.8 Å². The minimum absolute atomic E-state index is 0.0161. The van der Waals surface area contributed by atoms with Crippen LogP contribution in [0.2, 0.25) is 0 Å². The molecule has 0 atom stereocenters. The molecule has 0 aliphatic heterocycles. The van der Waals surface area contributed by atoms with Gasteiger partial charge in [0.15, 0.2) is 11.6 Å². The third-order valence-electron chi connectivity index (χ3n) is 6.83. The zero-order valence-corrected chi connectivity index (χ0v) is 27.6. The zero-order chi connectivity index (χ0) is 34.4. The molecule has 0 heterocycles. The van der Waals surface area contributed by atoms with Gasteiger partial charge in [-0.15, -0.1) is 0 Å². The highest BCUT2D eigenvalue weighted by Gasteiger charge is 2.12. The Labute approximate surface area is 281 Å². The number of ether oxygens (including phenoxy) is 1. The van der Waals surface area contributed by atoms with Crippen molar-refractivity contribution in [3.8, 4) is 5.75 Å². The largest absolute Gasteiger partial charge is 0.491 e. The molecular formula is C40H41F3N4O. The van der Waals surface area contributed by atoms with Crippen LogP contribution in [0, 0.1) is 17.5 Å². The molecule has 248 valence electrons. The number of hydrogen-bond acceptors (Lipinski definition) is 5. The molecule has 0 aliphatic rings. The summed E-state index contributed by atoms with van der Waals surface area (Å²) in [5.74, 6) is -2.39. The fraction of sp³-hybridized carbons (Fsp3) is 0.200. The molecule has 0 radical (unpaired) electrons. The molecule has 0 unspecified atom stereocenters. The second-order valence-corrected chi connectivity index (χ2v) is 10.4. The Morgan fingerprint density at radius 3 is 1.42 bits per heavy atom. The molecule has 0 bridgehead atoms. The van der Waals surface area contributed by atoms with Gasteiger partial charge >= 0.3 is 0 Å². The topological polar surface area (TPSA) is 58.7 Å². The number of nitrogens with zero attached hydrogens (tertiary/aromatic N) is 4. The maximum absolute atomic E-state index is 13.9. The van der Waals surface area contributed by atoms with Gasteiger partial charge in [0, 0.05) is 5.56 Å². The molecule has 0 saturated carbocycles. The first-order valence-corrected chi connectivity index (χ1v) is 15.8. The highest BCUT2D eigenvalue weighted by molar-refractivity contribution is 5.83. The molecule has 0 aliphatic carbocycles. The second-order valence-electron chi connectivity index (χ2n) is 10.4. The molecule has 0 spiro atoms. The van der Waals surface area contributed by atoms with Gasteiger partial charge in [0.05, 0.1) is 31.5 Å². The van der Waals surface area contributed by atoms with Crippen LogP contribution in [0.15, 0.2) is 130 Å². The summed E-state index contributed by atoms with van der Waals surface area (Å²) in [5, 5.41) is 15.6. The van der Waals surface area contributed by atoms with Crippen molar-refractivity contribution < 1.29 is 17.9 Å². The predicted molar refractivity (Wildman–Crippen MR) is 193 cm³/mol. The molecule has 48 heavy (non-hydrogen) atoms. The number of aryl methyl sites for hydroxylation is 2. The molecule has 8 heteroatoms. The van der Waals surface area contributed by atoms with E-state index in [1.54, 1.807) is 37.7 Å². The normalized spacial score (nSPS) is 11.9. The number of benzene rings is 4. The minimum Gasteiger partial charge on any atom is -0.491 e. The van der Waals surface area contributed by atoms with E-state index in [2.05, 4.69) is 50.8 Å². The van der Waals surface area contributed by atoms with Crippen molar-refractivity contribution in [1.29, 1.82) is 0 Å². The molecule has 5 nitrogen and oxygen atoms in total. The fourth-order valence-corrected chi connectivity index (χ4v) is 4.23. The highest BCUT2D eigenvalue weighted by atomic mass is 19.2. The number of hydrogen-bond donors (Lipinski definition) is 0. The molecule has 0 N–H and O–H groups in total. The Hall–Kier alpha value is -5.37. The van der Waals surface area contributed by atoms with Gasteiger partial charge in [0.2, 0.25) is 5.82 Å². The van der Waals surface area contributed by atoms with Crippen molar-refractivity contribution >= 4 is 24.9 Å². The Balaban J connectivity index is 0.000000264. The summed E-state index contributed by atoms with van der Waals surface area (Å²) in [4.78, 5) is 0. The zero-order valence-electron chi connectivity index (χ0n) is 27.6. The lowest BCUT2D eigenvalue weighted by Crippen LogP contribution is -2.00. The van der Waals surface area contributed by atoms with Gasteiger partial charge in [0.25, 0.3) is 0 Å². The smallest absolute Gasteiger partial charge is 0.201 e. The van der Waals surface area contributed by atoms with Crippen molar-refractivity contribution in [2.45, 2.75) is 46.5 Å². The van der Waals surface area contributed by atoms with Gasteiger partial charge in [0.1, 0.15) is 5.82 Å². The van der Waals surface area contributed by atoms with Crippen LogP contribution in [0.5, 0.6) is 5.75 Å². The maximum atomic E-state index is 13.9. The van der Waals surface area contributed by atoms with Crippen LogP contribution in [0.1, 0.15) is 67.0 Å². The lowest BCUT2D eigenvalue weighted by molar-refractivity contribution is 0.314. The third-order valence-corrected chi connectivity index (χ3v) is 6.83. The van der Waals surface area contributed by atoms with Gasteiger partial charge in [-0.3, -0.25) is 0 Å². The Morgan fingerprint density at radius 1 is 0.542 bits per heavy atom. The number of rotatable bonds is 14. The van der Waals surface area contributed by atoms with Gasteiger partial charge < -0.3 is 4.74 Å². The molecule has 4 rings (SSSR count). The summed E-state index contributed by atoms with van der Waals surface area (Å²) < 4.78 is 45.4. The monoisotopic (exact) mass is 650 g/mol. The van der Waals surface area contributed by atoms with E-state index in [0.717, 1.165) is 42.4 Å². The predicted octanol–water partition coefficient (Wildman–Crippen LogP) is 10.1. The first-order valence-electron chi connectivity index (χ1n) is 15.8. The average molecular weight is 651 g/mol. The SMILES string of the molecule is C/C=C/CCc1ccc(/C=N/N=C/c2ccc(F)cc2)cc1.C/C=C/CCc1ccc(/C=N/N=C\c2ccc(OCC)c(F)c2F)cc1. The molecule has 4 aromatic rings. The van der Waals surface area contributed by atoms with Gasteiger partial charge in [-0.1, -0.05) is 85.0 Å². The molecule has 0 amide bonds. The van der Waals surface area contributed by atoms with Gasteiger partial charge in [-0.25, -0.2) is 8.78 Å². The Kier molecular flexibility index (Phi) is 16.6. The van der Waals surface area contributed by atoms with E-state index in [9.17, 15) is 13.2 Å². The number of allylic oxidation sites excluding steroid dienone is 4. The standard InChI is InChI=1S/C21H22F2N2O.C19H19FN2/c1-3-5-6-7-16-8-10-17(11-9-16)14-24-25-15-18-12-13-19(26-4-2)21(23)20(18)22;1-2-3-4-5-16-6-8-17(9-7-16)14-21-22-15-18-10-12-19(20)13-11-18/h3,5,8-15H,4,6-7H2,1-2H3;2-3,6-15H,4-5H2,1H3/b5-3+,24-14+,25-15-;3-2+,21-14+,22-15+. The van der Waals surface area contributed by atoms with Gasteiger partial charge in [-0.05, 0) is 98.5 Å². The van der Waals surface area contributed by atoms with Crippen molar-refractivity contribution in [1.82, 2.24) is 0 Å². The van der Waals surface area contributed by atoms with Crippen molar-refractivity contribution in [3.63, 3.8) is 0 Å². The van der Waals surface area contributed by atoms with Gasteiger partial charge in [-0.2, -0.15) is 24.8 Å². The molecule has 0 aromatic heterocycles. The summed E-state index contributed by atoms with van der Waals surface area (Å²) in [7, 11) is 0. The van der Waals surface area contributed by atoms with E-state index >= 15 is 0 Å². The van der Waals surface area contributed by atoms with Crippen LogP contribution in [0.4, 0.5) is 13.2 Å². The van der Waals surface area contributed by atoms with Crippen molar-refractivity contribution in [3.05, 3.63) is 160 Å². The molecule has 0 saturated heterocycles. The number of halogens is 3. The first-order chi connectivity index (χ1) is 23.4. The van der Waals surface area contributed by atoms with E-state index in [-0.39, 0.29) is 23.7 Å². The second kappa shape index (κ2) is 21.4. The van der Waals surface area contributed by atoms with E-state index in [1.807, 2.05) is 56.3 Å². The lowest BCUT2D eigenvalue weighted by atomic mass is 10.1. The van der Waals surface area contributed by atoms with E-state index in [1.165, 1.54) is 41.6 Å². The first kappa shape index (κ1) is 37.1. The van der Waals surface area contributed by atoms with E-state index in [4.69, 9.17) is 4.74 Å². The van der Waals surface area contributed by atoms with Crippen LogP contribution in [0.3, 0.4) is 0 Å². The average Bonchev–Trinajstić information content (AvgIpc) is 3.10. The third kappa shape index (κ3) is 13.5. The van der Waals surface area contributed by atoms with Crippen LogP contribution in [0.25, 0.3) is 0 Å². The van der Waals surface area contributed by atoms with Crippen LogP contribution in [-0.4, -0.2) is 31.5 Å². The summed E-state index contributed by atoms with van der Waals surface area (Å²) in [6, 6.07) is 25.1. The Bertz CT molecular complexity index is 1710. The van der Waals surface area contributed by atoms with E-state index in [0.29, 0.717) is 0 Å². The lowest BCUT2D eigenvalue weighted by Gasteiger charge is -2.05. The fourth-order valence-electron chi connectivity index (χ4n) is 4.23. The summed E-state index contributed by atoms with van der Waals surface area (Å²) in [6.45, 7) is 6.01. The summed E-state index contributed by atoms with van der Waals surface area (Å²) >= 11 is 0. The van der Waals surface area contributed by atoms with Crippen LogP contribution < -0.4 is 4.74 Å². The van der Waals surface area contributed by atoms with Crippen LogP contribution >= 0.6 is 0 Å². The summed E-state index contributed by atoms with van der Waals surface area (Å²) in [5.41, 5.74) is 5.28. The maximum Gasteiger partial charge on any atom is 0.201 e. The highest BCUT2D eigenvalue weighted by Crippen LogP contribution is 2.22. The van der Waals surface area contributed by atoms with E-state index < -0.39 is 11.6 Å². The summed E-state index contributed by atoms with van der Waals surface area (Å²) in [6.07, 6.45) is 18.6. The quantitative estimate of drug-likeness (QED) is 0.0761. The molecule has 0 fully saturated rings. The molecule has 4 aromatic carbocycles. The van der Waals surface area contributed by atoms with Crippen molar-refractivity contribution in [2.75, 3.05) is 6.61 Å². The minimum atomic E-state index is -1.02. The molecular weight excluding hydrogens is 609 g/mol.